The average molecular weight is 333 g/mol. The Hall–Kier alpha value is -2.92. The molecule has 0 aliphatic carbocycles. The molecule has 2 aromatic carbocycles. The predicted octanol–water partition coefficient (Wildman–Crippen LogP) is 4.61. The molecule has 4 aromatic rings. The molecule has 0 saturated carbocycles. The van der Waals surface area contributed by atoms with E-state index in [4.69, 9.17) is 9.26 Å². The molecule has 2 heterocycles. The number of rotatable bonds is 6. The van der Waals surface area contributed by atoms with Gasteiger partial charge in [0.15, 0.2) is 0 Å². The zero-order chi connectivity index (χ0) is 17.1. The summed E-state index contributed by atoms with van der Waals surface area (Å²) >= 11 is 0. The zero-order valence-electron chi connectivity index (χ0n) is 14.1. The van der Waals surface area contributed by atoms with Gasteiger partial charge in [-0.25, -0.2) is 4.98 Å². The quantitative estimate of drug-likeness (QED) is 0.484. The monoisotopic (exact) mass is 333 g/mol. The van der Waals surface area contributed by atoms with E-state index in [2.05, 4.69) is 52.0 Å². The van der Waals surface area contributed by atoms with Crippen LogP contribution in [0.25, 0.3) is 28.0 Å². The normalized spacial score (nSPS) is 11.2. The maximum absolute atomic E-state index is 5.62. The Morgan fingerprint density at radius 1 is 1.12 bits per heavy atom. The van der Waals surface area contributed by atoms with Gasteiger partial charge in [-0.3, -0.25) is 4.57 Å². The summed E-state index contributed by atoms with van der Waals surface area (Å²) in [6, 6.07) is 16.3. The van der Waals surface area contributed by atoms with Crippen LogP contribution in [-0.4, -0.2) is 21.3 Å². The van der Waals surface area contributed by atoms with Crippen molar-refractivity contribution in [2.45, 2.75) is 20.0 Å². The topological polar surface area (TPSA) is 53.1 Å². The molecule has 0 radical (unpaired) electrons. The Morgan fingerprint density at radius 3 is 2.92 bits per heavy atom. The molecule has 0 amide bonds. The van der Waals surface area contributed by atoms with Crippen LogP contribution in [-0.2, 0) is 11.3 Å². The summed E-state index contributed by atoms with van der Waals surface area (Å²) in [4.78, 5) is 4.55. The van der Waals surface area contributed by atoms with Crippen LogP contribution in [0.1, 0.15) is 18.9 Å². The molecule has 4 rings (SSSR count). The van der Waals surface area contributed by atoms with E-state index >= 15 is 0 Å². The van der Waals surface area contributed by atoms with E-state index in [9.17, 15) is 0 Å². The second-order valence-corrected chi connectivity index (χ2v) is 5.93. The summed E-state index contributed by atoms with van der Waals surface area (Å²) in [5.74, 6) is 0. The van der Waals surface area contributed by atoms with Gasteiger partial charge in [0.2, 0.25) is 0 Å². The standard InChI is InChI=1S/C20H19N3O2/c1-2-9-24-13-15-6-7-20-19(11-15)21-14-23(20)17-5-3-4-16(12-17)18-8-10-25-22-18/h3-8,10-12,14H,2,9,13H2,1H3. The number of aromatic nitrogens is 3. The lowest BCUT2D eigenvalue weighted by Gasteiger charge is -2.07. The molecule has 0 N–H and O–H groups in total. The van der Waals surface area contributed by atoms with E-state index in [1.54, 1.807) is 6.26 Å². The highest BCUT2D eigenvalue weighted by Crippen LogP contribution is 2.24. The minimum absolute atomic E-state index is 0.623. The molecule has 25 heavy (non-hydrogen) atoms. The van der Waals surface area contributed by atoms with E-state index in [-0.39, 0.29) is 0 Å². The van der Waals surface area contributed by atoms with Crippen LogP contribution >= 0.6 is 0 Å². The number of hydrogen-bond donors (Lipinski definition) is 0. The summed E-state index contributed by atoms with van der Waals surface area (Å²) in [6.45, 7) is 3.51. The SMILES string of the molecule is CCCOCc1ccc2c(c1)ncn2-c1cccc(-c2ccon2)c1. The predicted molar refractivity (Wildman–Crippen MR) is 96.5 cm³/mol. The Balaban J connectivity index is 1.67. The largest absolute Gasteiger partial charge is 0.377 e. The van der Waals surface area contributed by atoms with Crippen LogP contribution in [0.2, 0.25) is 0 Å². The van der Waals surface area contributed by atoms with Crippen LogP contribution in [0, 0.1) is 0 Å². The first-order valence-corrected chi connectivity index (χ1v) is 8.40. The number of fused-ring (bicyclic) bond motifs is 1. The first-order valence-electron chi connectivity index (χ1n) is 8.40. The lowest BCUT2D eigenvalue weighted by Crippen LogP contribution is -1.95. The molecule has 0 bridgehead atoms. The minimum atomic E-state index is 0.623. The smallest absolute Gasteiger partial charge is 0.124 e. The Bertz CT molecular complexity index is 974. The summed E-state index contributed by atoms with van der Waals surface area (Å²) in [5, 5.41) is 4.00. The van der Waals surface area contributed by atoms with E-state index in [1.165, 1.54) is 0 Å². The molecule has 0 atom stereocenters. The fourth-order valence-electron chi connectivity index (χ4n) is 2.86. The van der Waals surface area contributed by atoms with Gasteiger partial charge in [0, 0.05) is 23.9 Å². The van der Waals surface area contributed by atoms with Crippen molar-refractivity contribution in [2.24, 2.45) is 0 Å². The highest BCUT2D eigenvalue weighted by molar-refractivity contribution is 5.78. The van der Waals surface area contributed by atoms with Crippen molar-refractivity contribution in [3.05, 3.63) is 66.7 Å². The summed E-state index contributed by atoms with van der Waals surface area (Å²) in [5.41, 5.74) is 6.04. The van der Waals surface area contributed by atoms with Crippen molar-refractivity contribution < 1.29 is 9.26 Å². The molecule has 5 heteroatoms. The van der Waals surface area contributed by atoms with Crippen LogP contribution in [0.4, 0.5) is 0 Å². The van der Waals surface area contributed by atoms with Crippen molar-refractivity contribution in [1.29, 1.82) is 0 Å². The summed E-state index contributed by atoms with van der Waals surface area (Å²) < 4.78 is 12.6. The van der Waals surface area contributed by atoms with E-state index in [1.807, 2.05) is 24.5 Å². The molecular formula is C20H19N3O2. The number of ether oxygens (including phenoxy) is 1. The van der Waals surface area contributed by atoms with E-state index in [0.717, 1.165) is 46.6 Å². The van der Waals surface area contributed by atoms with Crippen molar-refractivity contribution >= 4 is 11.0 Å². The van der Waals surface area contributed by atoms with Gasteiger partial charge in [-0.05, 0) is 36.2 Å². The molecule has 0 aliphatic rings. The Morgan fingerprint density at radius 2 is 2.08 bits per heavy atom. The molecular weight excluding hydrogens is 314 g/mol. The lowest BCUT2D eigenvalue weighted by molar-refractivity contribution is 0.121. The number of nitrogens with zero attached hydrogens (tertiary/aromatic N) is 3. The van der Waals surface area contributed by atoms with Gasteiger partial charge >= 0.3 is 0 Å². The Kier molecular flexibility index (Phi) is 4.31. The average Bonchev–Trinajstić information content (AvgIpc) is 3.32. The first kappa shape index (κ1) is 15.6. The fraction of sp³-hybridized carbons (Fsp3) is 0.200. The second kappa shape index (κ2) is 6.91. The van der Waals surface area contributed by atoms with Gasteiger partial charge in [0.25, 0.3) is 0 Å². The highest BCUT2D eigenvalue weighted by Gasteiger charge is 2.08. The van der Waals surface area contributed by atoms with Gasteiger partial charge in [0.05, 0.1) is 17.6 Å². The summed E-state index contributed by atoms with van der Waals surface area (Å²) in [7, 11) is 0. The van der Waals surface area contributed by atoms with Crippen LogP contribution in [0.3, 0.4) is 0 Å². The minimum Gasteiger partial charge on any atom is -0.377 e. The summed E-state index contributed by atoms with van der Waals surface area (Å²) in [6.07, 6.45) is 4.46. The van der Waals surface area contributed by atoms with Gasteiger partial charge in [-0.1, -0.05) is 30.3 Å². The Labute approximate surface area is 145 Å². The van der Waals surface area contributed by atoms with E-state index < -0.39 is 0 Å². The fourth-order valence-corrected chi connectivity index (χ4v) is 2.86. The van der Waals surface area contributed by atoms with Crippen molar-refractivity contribution in [3.63, 3.8) is 0 Å². The number of imidazole rings is 1. The molecule has 126 valence electrons. The van der Waals surface area contributed by atoms with Gasteiger partial charge < -0.3 is 9.26 Å². The molecule has 0 spiro atoms. The maximum Gasteiger partial charge on any atom is 0.124 e. The zero-order valence-corrected chi connectivity index (χ0v) is 14.1. The molecule has 0 aliphatic heterocycles. The first-order chi connectivity index (χ1) is 12.3. The molecule has 5 nitrogen and oxygen atoms in total. The van der Waals surface area contributed by atoms with Gasteiger partial charge in [-0.15, -0.1) is 0 Å². The number of benzene rings is 2. The third-order valence-corrected chi connectivity index (χ3v) is 4.09. The third-order valence-electron chi connectivity index (χ3n) is 4.09. The maximum atomic E-state index is 5.62. The van der Waals surface area contributed by atoms with E-state index in [0.29, 0.717) is 6.61 Å². The molecule has 0 saturated heterocycles. The van der Waals surface area contributed by atoms with Crippen LogP contribution in [0.15, 0.2) is 65.6 Å². The van der Waals surface area contributed by atoms with Crippen molar-refractivity contribution in [1.82, 2.24) is 14.7 Å². The van der Waals surface area contributed by atoms with Crippen molar-refractivity contribution in [2.75, 3.05) is 6.61 Å². The lowest BCUT2D eigenvalue weighted by atomic mass is 10.1. The number of hydrogen-bond acceptors (Lipinski definition) is 4. The highest BCUT2D eigenvalue weighted by atomic mass is 16.5. The van der Waals surface area contributed by atoms with Crippen molar-refractivity contribution in [3.8, 4) is 16.9 Å². The van der Waals surface area contributed by atoms with Gasteiger partial charge in [-0.2, -0.15) is 0 Å². The third kappa shape index (κ3) is 3.19. The van der Waals surface area contributed by atoms with Crippen LogP contribution < -0.4 is 0 Å². The second-order valence-electron chi connectivity index (χ2n) is 5.93. The van der Waals surface area contributed by atoms with Crippen LogP contribution in [0.5, 0.6) is 0 Å². The molecule has 0 unspecified atom stereocenters. The molecule has 0 fully saturated rings. The molecule has 2 aromatic heterocycles. The van der Waals surface area contributed by atoms with Gasteiger partial charge in [0.1, 0.15) is 18.3 Å².